The van der Waals surface area contributed by atoms with Gasteiger partial charge in [0.05, 0.1) is 17.9 Å². The van der Waals surface area contributed by atoms with Crippen LogP contribution in [0.4, 0.5) is 5.69 Å². The van der Waals surface area contributed by atoms with E-state index in [2.05, 4.69) is 10.3 Å². The molecule has 88 valence electrons. The molecule has 5 heteroatoms. The maximum Gasteiger partial charge on any atom is 0.257 e. The Morgan fingerprint density at radius 3 is 3.00 bits per heavy atom. The van der Waals surface area contributed by atoms with Gasteiger partial charge in [0.15, 0.2) is 0 Å². The number of amides is 1. The van der Waals surface area contributed by atoms with Gasteiger partial charge >= 0.3 is 0 Å². The fraction of sp³-hybridized carbons (Fsp3) is 0.455. The largest absolute Gasteiger partial charge is 0.395 e. The highest BCUT2D eigenvalue weighted by Crippen LogP contribution is 2.14. The quantitative estimate of drug-likeness (QED) is 0.766. The summed E-state index contributed by atoms with van der Waals surface area (Å²) in [5.41, 5.74) is 1.30. The van der Waals surface area contributed by atoms with Crippen molar-refractivity contribution in [2.45, 2.75) is 6.92 Å². The van der Waals surface area contributed by atoms with Gasteiger partial charge in [0.25, 0.3) is 5.91 Å². The summed E-state index contributed by atoms with van der Waals surface area (Å²) >= 11 is 0. The van der Waals surface area contributed by atoms with Crippen LogP contribution in [0.1, 0.15) is 17.3 Å². The first-order valence-electron chi connectivity index (χ1n) is 5.25. The lowest BCUT2D eigenvalue weighted by Gasteiger charge is -2.17. The number of carbonyl (C=O) groups excluding carboxylic acids is 1. The maximum absolute atomic E-state index is 12.0. The minimum absolute atomic E-state index is 0.0426. The van der Waals surface area contributed by atoms with Crippen LogP contribution in [0.25, 0.3) is 0 Å². The molecule has 1 aromatic rings. The van der Waals surface area contributed by atoms with Gasteiger partial charge in [-0.15, -0.1) is 0 Å². The molecule has 0 saturated heterocycles. The van der Waals surface area contributed by atoms with Crippen LogP contribution in [0.15, 0.2) is 18.5 Å². The number of aromatic nitrogens is 1. The van der Waals surface area contributed by atoms with Crippen LogP contribution in [0.2, 0.25) is 0 Å². The summed E-state index contributed by atoms with van der Waals surface area (Å²) in [5, 5.41) is 11.9. The zero-order valence-corrected chi connectivity index (χ0v) is 9.60. The number of rotatable bonds is 5. The van der Waals surface area contributed by atoms with Gasteiger partial charge in [0.2, 0.25) is 0 Å². The van der Waals surface area contributed by atoms with E-state index in [9.17, 15) is 4.79 Å². The second-order valence-electron chi connectivity index (χ2n) is 3.40. The van der Waals surface area contributed by atoms with Crippen LogP contribution in [0.5, 0.6) is 0 Å². The molecule has 0 spiro atoms. The monoisotopic (exact) mass is 223 g/mol. The van der Waals surface area contributed by atoms with Gasteiger partial charge in [-0.1, -0.05) is 0 Å². The molecule has 0 aliphatic carbocycles. The lowest BCUT2D eigenvalue weighted by molar-refractivity contribution is 0.0767. The van der Waals surface area contributed by atoms with Crippen molar-refractivity contribution in [2.75, 3.05) is 32.1 Å². The van der Waals surface area contributed by atoms with E-state index in [0.29, 0.717) is 12.1 Å². The Labute approximate surface area is 95.1 Å². The number of hydrogen-bond donors (Lipinski definition) is 2. The molecule has 2 N–H and O–H groups in total. The van der Waals surface area contributed by atoms with E-state index >= 15 is 0 Å². The molecule has 0 bridgehead atoms. The zero-order valence-electron chi connectivity index (χ0n) is 9.60. The number of likely N-dealkylation sites (N-methyl/N-ethyl adjacent to an activating group) is 1. The van der Waals surface area contributed by atoms with E-state index in [1.54, 1.807) is 19.3 Å². The van der Waals surface area contributed by atoms with Crippen molar-refractivity contribution in [3.05, 3.63) is 24.0 Å². The van der Waals surface area contributed by atoms with Gasteiger partial charge in [-0.25, -0.2) is 0 Å². The highest BCUT2D eigenvalue weighted by Gasteiger charge is 2.14. The standard InChI is InChI=1S/C11H17N3O2/c1-3-13-10-4-5-12-8-9(10)11(16)14(2)6-7-15/h4-5,8,15H,3,6-7H2,1-2H3,(H,12,13). The van der Waals surface area contributed by atoms with Gasteiger partial charge in [0, 0.05) is 32.5 Å². The Morgan fingerprint density at radius 2 is 2.38 bits per heavy atom. The fourth-order valence-corrected chi connectivity index (χ4v) is 1.37. The molecule has 0 aliphatic heterocycles. The number of carbonyl (C=O) groups is 1. The second-order valence-corrected chi connectivity index (χ2v) is 3.40. The van der Waals surface area contributed by atoms with Crippen molar-refractivity contribution in [1.29, 1.82) is 0 Å². The predicted molar refractivity (Wildman–Crippen MR) is 62.4 cm³/mol. The lowest BCUT2D eigenvalue weighted by Crippen LogP contribution is -2.30. The number of hydrogen-bond acceptors (Lipinski definition) is 4. The predicted octanol–water partition coefficient (Wildman–Crippen LogP) is 0.578. The summed E-state index contributed by atoms with van der Waals surface area (Å²) in [4.78, 5) is 17.4. The van der Waals surface area contributed by atoms with Crippen molar-refractivity contribution in [1.82, 2.24) is 9.88 Å². The molecular weight excluding hydrogens is 206 g/mol. The van der Waals surface area contributed by atoms with Crippen LogP contribution in [0.3, 0.4) is 0 Å². The van der Waals surface area contributed by atoms with Crippen molar-refractivity contribution >= 4 is 11.6 Å². The third kappa shape index (κ3) is 2.93. The molecule has 0 aromatic carbocycles. The van der Waals surface area contributed by atoms with Crippen LogP contribution in [0, 0.1) is 0 Å². The summed E-state index contributed by atoms with van der Waals surface area (Å²) in [6.45, 7) is 2.98. The van der Waals surface area contributed by atoms with Crippen LogP contribution < -0.4 is 5.32 Å². The van der Waals surface area contributed by atoms with E-state index in [-0.39, 0.29) is 12.5 Å². The third-order valence-electron chi connectivity index (χ3n) is 2.20. The van der Waals surface area contributed by atoms with Crippen molar-refractivity contribution in [3.8, 4) is 0 Å². The van der Waals surface area contributed by atoms with Gasteiger partial charge in [-0.3, -0.25) is 9.78 Å². The first kappa shape index (κ1) is 12.4. The molecule has 0 saturated carbocycles. The summed E-state index contributed by atoms with van der Waals surface area (Å²) in [6, 6.07) is 1.77. The molecule has 5 nitrogen and oxygen atoms in total. The molecular formula is C11H17N3O2. The van der Waals surface area contributed by atoms with E-state index in [1.165, 1.54) is 11.1 Å². The third-order valence-corrected chi connectivity index (χ3v) is 2.20. The molecule has 0 radical (unpaired) electrons. The number of pyridine rings is 1. The normalized spacial score (nSPS) is 9.94. The first-order chi connectivity index (χ1) is 7.70. The van der Waals surface area contributed by atoms with Gasteiger partial charge in [-0.2, -0.15) is 0 Å². The van der Waals surface area contributed by atoms with Crippen LogP contribution in [-0.2, 0) is 0 Å². The van der Waals surface area contributed by atoms with E-state index in [4.69, 9.17) is 5.11 Å². The number of aliphatic hydroxyl groups excluding tert-OH is 1. The Bertz CT molecular complexity index is 355. The smallest absolute Gasteiger partial charge is 0.257 e. The fourth-order valence-electron chi connectivity index (χ4n) is 1.37. The molecule has 1 aromatic heterocycles. The number of anilines is 1. The minimum Gasteiger partial charge on any atom is -0.395 e. The Balaban J connectivity index is 2.89. The summed E-state index contributed by atoms with van der Waals surface area (Å²) < 4.78 is 0. The Morgan fingerprint density at radius 1 is 1.62 bits per heavy atom. The highest BCUT2D eigenvalue weighted by atomic mass is 16.3. The number of aliphatic hydroxyl groups is 1. The summed E-state index contributed by atoms with van der Waals surface area (Å²) in [5.74, 6) is -0.141. The molecule has 1 heterocycles. The first-order valence-corrected chi connectivity index (χ1v) is 5.25. The average molecular weight is 223 g/mol. The van der Waals surface area contributed by atoms with Crippen molar-refractivity contribution in [3.63, 3.8) is 0 Å². The summed E-state index contributed by atoms with van der Waals surface area (Å²) in [6.07, 6.45) is 3.18. The average Bonchev–Trinajstić information content (AvgIpc) is 2.29. The Hall–Kier alpha value is -1.62. The van der Waals surface area contributed by atoms with Gasteiger partial charge in [-0.05, 0) is 13.0 Å². The molecule has 0 atom stereocenters. The van der Waals surface area contributed by atoms with Crippen LogP contribution in [-0.4, -0.2) is 47.6 Å². The SMILES string of the molecule is CCNc1ccncc1C(=O)N(C)CCO. The molecule has 0 aliphatic rings. The van der Waals surface area contributed by atoms with Crippen LogP contribution >= 0.6 is 0 Å². The van der Waals surface area contributed by atoms with E-state index in [1.807, 2.05) is 6.92 Å². The Kier molecular flexibility index (Phi) is 4.72. The molecule has 16 heavy (non-hydrogen) atoms. The zero-order chi connectivity index (χ0) is 12.0. The minimum atomic E-state index is -0.141. The molecule has 0 fully saturated rings. The van der Waals surface area contributed by atoms with Crippen molar-refractivity contribution in [2.24, 2.45) is 0 Å². The number of nitrogens with zero attached hydrogens (tertiary/aromatic N) is 2. The highest BCUT2D eigenvalue weighted by molar-refractivity contribution is 5.99. The second kappa shape index (κ2) is 6.07. The molecule has 0 unspecified atom stereocenters. The number of nitrogens with one attached hydrogen (secondary N) is 1. The van der Waals surface area contributed by atoms with E-state index in [0.717, 1.165) is 12.2 Å². The molecule has 1 rings (SSSR count). The van der Waals surface area contributed by atoms with Crippen molar-refractivity contribution < 1.29 is 9.90 Å². The topological polar surface area (TPSA) is 65.5 Å². The van der Waals surface area contributed by atoms with E-state index < -0.39 is 0 Å². The van der Waals surface area contributed by atoms with Gasteiger partial charge < -0.3 is 15.3 Å². The summed E-state index contributed by atoms with van der Waals surface area (Å²) in [7, 11) is 1.65. The lowest BCUT2D eigenvalue weighted by atomic mass is 10.2. The molecule has 1 amide bonds. The van der Waals surface area contributed by atoms with Gasteiger partial charge in [0.1, 0.15) is 0 Å². The maximum atomic E-state index is 12.0.